The molecule has 0 bridgehead atoms. The molecule has 1 rings (SSSR count). The third-order valence-electron chi connectivity index (χ3n) is 3.26. The van der Waals surface area contributed by atoms with Gasteiger partial charge in [-0.25, -0.2) is 0 Å². The van der Waals surface area contributed by atoms with Gasteiger partial charge in [0.1, 0.15) is 11.5 Å². The Morgan fingerprint density at radius 2 is 1.95 bits per heavy atom. The van der Waals surface area contributed by atoms with Gasteiger partial charge in [0.15, 0.2) is 0 Å². The first-order valence-corrected chi connectivity index (χ1v) is 6.92. The van der Waals surface area contributed by atoms with Gasteiger partial charge >= 0.3 is 0 Å². The number of amides is 1. The van der Waals surface area contributed by atoms with Gasteiger partial charge in [0.05, 0.1) is 17.2 Å². The molecule has 0 fully saturated rings. The van der Waals surface area contributed by atoms with Crippen molar-refractivity contribution >= 4 is 23.1 Å². The number of nitrogens with zero attached hydrogens (tertiary/aromatic N) is 1. The van der Waals surface area contributed by atoms with E-state index in [-0.39, 0.29) is 5.91 Å². The summed E-state index contributed by atoms with van der Waals surface area (Å²) in [6.07, 6.45) is 0.500. The van der Waals surface area contributed by atoms with Crippen LogP contribution < -0.4 is 5.73 Å². The van der Waals surface area contributed by atoms with Crippen LogP contribution in [0.2, 0.25) is 0 Å². The number of thiocarbonyl (C=S) groups is 1. The van der Waals surface area contributed by atoms with E-state index in [9.17, 15) is 4.79 Å². The van der Waals surface area contributed by atoms with E-state index < -0.39 is 0 Å². The monoisotopic (exact) mass is 298 g/mol. The van der Waals surface area contributed by atoms with E-state index in [1.54, 1.807) is 18.9 Å². The quantitative estimate of drug-likeness (QED) is 0.779. The Balaban J connectivity index is 2.93. The molecule has 20 heavy (non-hydrogen) atoms. The maximum absolute atomic E-state index is 12.6. The van der Waals surface area contributed by atoms with Crippen LogP contribution in [0.15, 0.2) is 4.42 Å². The van der Waals surface area contributed by atoms with Crippen molar-refractivity contribution in [1.29, 1.82) is 0 Å². The predicted octanol–water partition coefficient (Wildman–Crippen LogP) is 1.97. The second-order valence-corrected chi connectivity index (χ2v) is 5.24. The van der Waals surface area contributed by atoms with Crippen LogP contribution in [-0.2, 0) is 4.74 Å². The van der Waals surface area contributed by atoms with Crippen molar-refractivity contribution in [2.75, 3.05) is 26.8 Å². The van der Waals surface area contributed by atoms with E-state index in [2.05, 4.69) is 0 Å². The van der Waals surface area contributed by atoms with Crippen molar-refractivity contribution in [1.82, 2.24) is 4.90 Å². The van der Waals surface area contributed by atoms with Crippen molar-refractivity contribution in [2.24, 2.45) is 5.73 Å². The molecule has 0 aromatic carbocycles. The van der Waals surface area contributed by atoms with Crippen molar-refractivity contribution in [3.05, 3.63) is 22.6 Å². The highest BCUT2D eigenvalue weighted by Gasteiger charge is 2.23. The van der Waals surface area contributed by atoms with E-state index in [0.717, 1.165) is 11.3 Å². The van der Waals surface area contributed by atoms with Crippen LogP contribution in [0.5, 0.6) is 0 Å². The van der Waals surface area contributed by atoms with E-state index in [0.29, 0.717) is 42.4 Å². The Kier molecular flexibility index (Phi) is 6.16. The minimum absolute atomic E-state index is 0.0647. The Hall–Kier alpha value is -1.40. The number of hydrogen-bond acceptors (Lipinski definition) is 4. The molecule has 0 atom stereocenters. The molecule has 1 aromatic rings. The van der Waals surface area contributed by atoms with Gasteiger partial charge in [-0.15, -0.1) is 0 Å². The molecule has 0 aliphatic carbocycles. The van der Waals surface area contributed by atoms with Crippen LogP contribution in [0.3, 0.4) is 0 Å². The molecule has 1 heterocycles. The van der Waals surface area contributed by atoms with E-state index in [4.69, 9.17) is 27.1 Å². The molecule has 0 aliphatic rings. The number of hydrogen-bond donors (Lipinski definition) is 1. The minimum atomic E-state index is -0.0647. The van der Waals surface area contributed by atoms with Crippen LogP contribution in [0.4, 0.5) is 0 Å². The molecule has 112 valence electrons. The van der Waals surface area contributed by atoms with Gasteiger partial charge < -0.3 is 19.8 Å². The first-order valence-electron chi connectivity index (χ1n) is 6.51. The Morgan fingerprint density at radius 1 is 1.30 bits per heavy atom. The van der Waals surface area contributed by atoms with E-state index in [1.165, 1.54) is 0 Å². The summed E-state index contributed by atoms with van der Waals surface area (Å²) in [4.78, 5) is 14.7. The lowest BCUT2D eigenvalue weighted by molar-refractivity contribution is 0.0699. The van der Waals surface area contributed by atoms with Crippen molar-refractivity contribution in [2.45, 2.75) is 27.2 Å². The van der Waals surface area contributed by atoms with Gasteiger partial charge in [-0.05, 0) is 20.8 Å². The molecule has 1 amide bonds. The summed E-state index contributed by atoms with van der Waals surface area (Å²) in [5.74, 6) is 1.35. The van der Waals surface area contributed by atoms with Crippen LogP contribution in [0, 0.1) is 20.8 Å². The average molecular weight is 298 g/mol. The summed E-state index contributed by atoms with van der Waals surface area (Å²) in [5, 5.41) is 0. The lowest BCUT2D eigenvalue weighted by atomic mass is 10.1. The maximum Gasteiger partial charge on any atom is 0.257 e. The molecular weight excluding hydrogens is 276 g/mol. The minimum Gasteiger partial charge on any atom is -0.466 e. The van der Waals surface area contributed by atoms with Gasteiger partial charge in [0.25, 0.3) is 5.91 Å². The highest BCUT2D eigenvalue weighted by atomic mass is 32.1. The normalized spacial score (nSPS) is 10.6. The van der Waals surface area contributed by atoms with Gasteiger partial charge in [-0.3, -0.25) is 4.79 Å². The topological polar surface area (TPSA) is 68.7 Å². The van der Waals surface area contributed by atoms with Crippen LogP contribution in [-0.4, -0.2) is 42.6 Å². The molecule has 0 unspecified atom stereocenters. The molecule has 0 spiro atoms. The Bertz CT molecular complexity index is 497. The third kappa shape index (κ3) is 4.05. The molecule has 1 aromatic heterocycles. The predicted molar refractivity (Wildman–Crippen MR) is 82.1 cm³/mol. The molecule has 2 N–H and O–H groups in total. The van der Waals surface area contributed by atoms with Gasteiger partial charge in [0.2, 0.25) is 0 Å². The molecule has 0 saturated heterocycles. The number of aryl methyl sites for hydroxylation is 2. The number of nitrogens with two attached hydrogens (primary N) is 1. The SMILES string of the molecule is COCCN(CCC(N)=S)C(=O)c1c(C)oc(C)c1C. The largest absolute Gasteiger partial charge is 0.466 e. The molecule has 0 radical (unpaired) electrons. The summed E-state index contributed by atoms with van der Waals surface area (Å²) in [6, 6.07) is 0. The molecule has 6 heteroatoms. The van der Waals surface area contributed by atoms with Crippen LogP contribution in [0.1, 0.15) is 33.9 Å². The summed E-state index contributed by atoms with van der Waals surface area (Å²) >= 11 is 4.88. The zero-order chi connectivity index (χ0) is 15.3. The fourth-order valence-corrected chi connectivity index (χ4v) is 2.12. The number of ether oxygens (including phenoxy) is 1. The summed E-state index contributed by atoms with van der Waals surface area (Å²) in [7, 11) is 1.61. The number of carbonyl (C=O) groups is 1. The first-order chi connectivity index (χ1) is 9.38. The second kappa shape index (κ2) is 7.40. The van der Waals surface area contributed by atoms with Gasteiger partial charge in [-0.1, -0.05) is 12.2 Å². The fraction of sp³-hybridized carbons (Fsp3) is 0.571. The number of rotatable bonds is 7. The van der Waals surface area contributed by atoms with E-state index in [1.807, 2.05) is 13.8 Å². The lowest BCUT2D eigenvalue weighted by Crippen LogP contribution is -2.36. The van der Waals surface area contributed by atoms with E-state index >= 15 is 0 Å². The summed E-state index contributed by atoms with van der Waals surface area (Å²) in [5.41, 5.74) is 7.02. The first kappa shape index (κ1) is 16.7. The number of furan rings is 1. The Morgan fingerprint density at radius 3 is 2.40 bits per heavy atom. The zero-order valence-corrected chi connectivity index (χ0v) is 13.3. The van der Waals surface area contributed by atoms with Gasteiger partial charge in [0, 0.05) is 32.2 Å². The van der Waals surface area contributed by atoms with Crippen LogP contribution >= 0.6 is 12.2 Å². The molecular formula is C14H22N2O3S. The highest BCUT2D eigenvalue weighted by molar-refractivity contribution is 7.80. The number of carbonyl (C=O) groups excluding carboxylic acids is 1. The van der Waals surface area contributed by atoms with Crippen molar-refractivity contribution < 1.29 is 13.9 Å². The standard InChI is InChI=1S/C14H22N2O3S/c1-9-10(2)19-11(3)13(9)14(17)16(7-8-18-4)6-5-12(15)20/h5-8H2,1-4H3,(H2,15,20). The maximum atomic E-state index is 12.6. The molecule has 0 aliphatic heterocycles. The number of methoxy groups -OCH3 is 1. The molecule has 0 saturated carbocycles. The third-order valence-corrected chi connectivity index (χ3v) is 3.46. The van der Waals surface area contributed by atoms with Gasteiger partial charge in [-0.2, -0.15) is 0 Å². The summed E-state index contributed by atoms with van der Waals surface area (Å²) in [6.45, 7) is 7.00. The smallest absolute Gasteiger partial charge is 0.257 e. The lowest BCUT2D eigenvalue weighted by Gasteiger charge is -2.22. The van der Waals surface area contributed by atoms with Crippen molar-refractivity contribution in [3.8, 4) is 0 Å². The van der Waals surface area contributed by atoms with Crippen molar-refractivity contribution in [3.63, 3.8) is 0 Å². The zero-order valence-electron chi connectivity index (χ0n) is 12.5. The van der Waals surface area contributed by atoms with Crippen LogP contribution in [0.25, 0.3) is 0 Å². The second-order valence-electron chi connectivity index (χ2n) is 4.72. The fourth-order valence-electron chi connectivity index (χ4n) is 2.03. The highest BCUT2D eigenvalue weighted by Crippen LogP contribution is 2.22. The molecule has 5 nitrogen and oxygen atoms in total. The Labute approximate surface area is 125 Å². The summed E-state index contributed by atoms with van der Waals surface area (Å²) < 4.78 is 10.6. The average Bonchev–Trinajstić information content (AvgIpc) is 2.62.